The molecule has 0 unspecified atom stereocenters. The van der Waals surface area contributed by atoms with E-state index in [9.17, 15) is 9.59 Å². The number of anilines is 1. The molecule has 0 saturated carbocycles. The molecule has 1 saturated heterocycles. The summed E-state index contributed by atoms with van der Waals surface area (Å²) >= 11 is 0. The van der Waals surface area contributed by atoms with Gasteiger partial charge in [-0.25, -0.2) is 4.79 Å². The Kier molecular flexibility index (Phi) is 6.61. The summed E-state index contributed by atoms with van der Waals surface area (Å²) in [5.41, 5.74) is 3.15. The van der Waals surface area contributed by atoms with Gasteiger partial charge in [-0.3, -0.25) is 9.69 Å². The molecule has 0 radical (unpaired) electrons. The fraction of sp³-hybridized carbons (Fsp3) is 0.556. The molecule has 1 fully saturated rings. The predicted octanol–water partition coefficient (Wildman–Crippen LogP) is 2.27. The lowest BCUT2D eigenvalue weighted by Gasteiger charge is -2.33. The molecule has 1 heterocycles. The van der Waals surface area contributed by atoms with Gasteiger partial charge in [0, 0.05) is 31.9 Å². The quantitative estimate of drug-likeness (QED) is 0.898. The van der Waals surface area contributed by atoms with Crippen molar-refractivity contribution in [3.63, 3.8) is 0 Å². The molecule has 1 N–H and O–H groups in total. The highest BCUT2D eigenvalue weighted by Crippen LogP contribution is 2.21. The maximum absolute atomic E-state index is 12.4. The molecule has 2 rings (SSSR count). The van der Waals surface area contributed by atoms with Gasteiger partial charge in [-0.15, -0.1) is 0 Å². The minimum Gasteiger partial charge on any atom is -0.450 e. The number of carbonyl (C=O) groups is 2. The van der Waals surface area contributed by atoms with Crippen molar-refractivity contribution in [1.29, 1.82) is 0 Å². The van der Waals surface area contributed by atoms with Crippen LogP contribution in [0.3, 0.4) is 0 Å². The summed E-state index contributed by atoms with van der Waals surface area (Å²) in [6.07, 6.45) is 0.615. The smallest absolute Gasteiger partial charge is 0.409 e. The third-order valence-electron chi connectivity index (χ3n) is 4.27. The monoisotopic (exact) mass is 333 g/mol. The molecule has 0 spiro atoms. The highest BCUT2D eigenvalue weighted by Gasteiger charge is 2.23. The van der Waals surface area contributed by atoms with Crippen LogP contribution in [0.4, 0.5) is 10.5 Å². The molecule has 1 aromatic carbocycles. The van der Waals surface area contributed by atoms with Gasteiger partial charge in [-0.2, -0.15) is 0 Å². The number of ether oxygens (including phenoxy) is 1. The van der Waals surface area contributed by atoms with Crippen molar-refractivity contribution in [3.8, 4) is 0 Å². The van der Waals surface area contributed by atoms with Crippen LogP contribution in [0.2, 0.25) is 0 Å². The van der Waals surface area contributed by atoms with E-state index in [-0.39, 0.29) is 12.0 Å². The molecular formula is C18H27N3O3. The van der Waals surface area contributed by atoms with Gasteiger partial charge >= 0.3 is 6.09 Å². The molecule has 0 atom stereocenters. The minimum absolute atomic E-state index is 0.0106. The molecule has 24 heavy (non-hydrogen) atoms. The number of rotatable bonds is 5. The average molecular weight is 333 g/mol. The standard InChI is InChI=1S/C18H27N3O3/c1-4-15-8-6-7-14(3)17(15)19-16(22)13-20-9-11-21(12-10-20)18(23)24-5-2/h6-8H,4-5,9-13H2,1-3H3,(H,19,22). The van der Waals surface area contributed by atoms with Crippen LogP contribution >= 0.6 is 0 Å². The molecule has 0 aromatic heterocycles. The summed E-state index contributed by atoms with van der Waals surface area (Å²) in [4.78, 5) is 27.8. The topological polar surface area (TPSA) is 61.9 Å². The Labute approximate surface area is 143 Å². The lowest BCUT2D eigenvalue weighted by molar-refractivity contribution is -0.117. The zero-order chi connectivity index (χ0) is 17.5. The van der Waals surface area contributed by atoms with Crippen LogP contribution < -0.4 is 5.32 Å². The van der Waals surface area contributed by atoms with Gasteiger partial charge in [0.1, 0.15) is 0 Å². The first-order valence-electron chi connectivity index (χ1n) is 8.57. The SMILES string of the molecule is CCOC(=O)N1CCN(CC(=O)Nc2c(C)cccc2CC)CC1. The van der Waals surface area contributed by atoms with E-state index in [1.54, 1.807) is 11.8 Å². The number of piperazine rings is 1. The Morgan fingerprint density at radius 1 is 1.17 bits per heavy atom. The maximum atomic E-state index is 12.4. The third kappa shape index (κ3) is 4.71. The first-order valence-corrected chi connectivity index (χ1v) is 8.57. The molecule has 0 aliphatic carbocycles. The molecule has 0 bridgehead atoms. The van der Waals surface area contributed by atoms with Crippen LogP contribution in [0.15, 0.2) is 18.2 Å². The lowest BCUT2D eigenvalue weighted by atomic mass is 10.1. The van der Waals surface area contributed by atoms with E-state index >= 15 is 0 Å². The van der Waals surface area contributed by atoms with Crippen molar-refractivity contribution < 1.29 is 14.3 Å². The number of benzene rings is 1. The fourth-order valence-corrected chi connectivity index (χ4v) is 2.89. The molecule has 132 valence electrons. The van der Waals surface area contributed by atoms with Crippen LogP contribution in [-0.4, -0.2) is 61.1 Å². The van der Waals surface area contributed by atoms with Crippen LogP contribution in [-0.2, 0) is 16.0 Å². The molecule has 1 aromatic rings. The number of amides is 2. The predicted molar refractivity (Wildman–Crippen MR) is 94.2 cm³/mol. The van der Waals surface area contributed by atoms with Crippen molar-refractivity contribution in [3.05, 3.63) is 29.3 Å². The molecule has 1 aliphatic rings. The summed E-state index contributed by atoms with van der Waals surface area (Å²) in [5.74, 6) is -0.0106. The maximum Gasteiger partial charge on any atom is 0.409 e. The minimum atomic E-state index is -0.269. The Bertz CT molecular complexity index is 581. The Balaban J connectivity index is 1.85. The number of carbonyl (C=O) groups excluding carboxylic acids is 2. The molecule has 6 heteroatoms. The fourth-order valence-electron chi connectivity index (χ4n) is 2.89. The number of hydrogen-bond acceptors (Lipinski definition) is 4. The van der Waals surface area contributed by atoms with Crippen LogP contribution in [0.25, 0.3) is 0 Å². The van der Waals surface area contributed by atoms with Gasteiger partial charge in [0.2, 0.25) is 5.91 Å². The van der Waals surface area contributed by atoms with Crippen LogP contribution in [0.1, 0.15) is 25.0 Å². The summed E-state index contributed by atoms with van der Waals surface area (Å²) in [7, 11) is 0. The van der Waals surface area contributed by atoms with E-state index < -0.39 is 0 Å². The van der Waals surface area contributed by atoms with E-state index in [1.165, 1.54) is 0 Å². The second-order valence-corrected chi connectivity index (χ2v) is 5.97. The Morgan fingerprint density at radius 2 is 1.88 bits per heavy atom. The zero-order valence-electron chi connectivity index (χ0n) is 14.8. The van der Waals surface area contributed by atoms with Crippen molar-refractivity contribution in [2.45, 2.75) is 27.2 Å². The first kappa shape index (κ1) is 18.3. The summed E-state index contributed by atoms with van der Waals surface area (Å²) in [6.45, 7) is 9.17. The Morgan fingerprint density at radius 3 is 2.50 bits per heavy atom. The van der Waals surface area contributed by atoms with E-state index in [0.717, 1.165) is 23.2 Å². The molecule has 1 aliphatic heterocycles. The van der Waals surface area contributed by atoms with Crippen LogP contribution in [0, 0.1) is 6.92 Å². The van der Waals surface area contributed by atoms with Gasteiger partial charge in [-0.1, -0.05) is 25.1 Å². The summed E-state index contributed by atoms with van der Waals surface area (Å²) < 4.78 is 5.00. The number of nitrogens with zero attached hydrogens (tertiary/aromatic N) is 2. The van der Waals surface area contributed by atoms with Gasteiger partial charge in [-0.05, 0) is 31.4 Å². The molecule has 2 amide bonds. The summed E-state index contributed by atoms with van der Waals surface area (Å²) in [5, 5.41) is 3.05. The number of nitrogens with one attached hydrogen (secondary N) is 1. The highest BCUT2D eigenvalue weighted by atomic mass is 16.6. The van der Waals surface area contributed by atoms with Crippen molar-refractivity contribution >= 4 is 17.7 Å². The van der Waals surface area contributed by atoms with Crippen molar-refractivity contribution in [2.24, 2.45) is 0 Å². The third-order valence-corrected chi connectivity index (χ3v) is 4.27. The van der Waals surface area contributed by atoms with Crippen molar-refractivity contribution in [2.75, 3.05) is 44.6 Å². The summed E-state index contributed by atoms with van der Waals surface area (Å²) in [6, 6.07) is 6.06. The lowest BCUT2D eigenvalue weighted by Crippen LogP contribution is -2.50. The van der Waals surface area contributed by atoms with E-state index in [1.807, 2.05) is 25.1 Å². The first-order chi connectivity index (χ1) is 11.5. The number of aryl methyl sites for hydroxylation is 2. The van der Waals surface area contributed by atoms with Gasteiger partial charge in [0.15, 0.2) is 0 Å². The van der Waals surface area contributed by atoms with Crippen LogP contribution in [0.5, 0.6) is 0 Å². The van der Waals surface area contributed by atoms with Gasteiger partial charge < -0.3 is 15.0 Å². The second kappa shape index (κ2) is 8.68. The highest BCUT2D eigenvalue weighted by molar-refractivity contribution is 5.93. The van der Waals surface area contributed by atoms with Gasteiger partial charge in [0.05, 0.1) is 13.2 Å². The van der Waals surface area contributed by atoms with Gasteiger partial charge in [0.25, 0.3) is 0 Å². The largest absolute Gasteiger partial charge is 0.450 e. The second-order valence-electron chi connectivity index (χ2n) is 5.97. The van der Waals surface area contributed by atoms with E-state index in [4.69, 9.17) is 4.74 Å². The zero-order valence-corrected chi connectivity index (χ0v) is 14.8. The Hall–Kier alpha value is -2.08. The average Bonchev–Trinajstić information content (AvgIpc) is 2.57. The van der Waals surface area contributed by atoms with E-state index in [2.05, 4.69) is 17.1 Å². The van der Waals surface area contributed by atoms with E-state index in [0.29, 0.717) is 39.3 Å². The number of hydrogen-bond donors (Lipinski definition) is 1. The molecule has 6 nitrogen and oxygen atoms in total. The van der Waals surface area contributed by atoms with Crippen molar-refractivity contribution in [1.82, 2.24) is 9.80 Å². The normalized spacial score (nSPS) is 15.2. The number of para-hydroxylation sites is 1. The molecular weight excluding hydrogens is 306 g/mol.